The van der Waals surface area contributed by atoms with Gasteiger partial charge >= 0.3 is 0 Å². The zero-order valence-electron chi connectivity index (χ0n) is 18.6. The number of hydrogen-bond donors (Lipinski definition) is 0. The van der Waals surface area contributed by atoms with Gasteiger partial charge in [0.05, 0.1) is 24.7 Å². The van der Waals surface area contributed by atoms with Crippen LogP contribution in [0.4, 0.5) is 4.39 Å². The van der Waals surface area contributed by atoms with E-state index in [1.165, 1.54) is 25.3 Å². The molecule has 174 valence electrons. The van der Waals surface area contributed by atoms with Crippen molar-refractivity contribution in [2.75, 3.05) is 40.0 Å². The van der Waals surface area contributed by atoms with E-state index in [0.717, 1.165) is 30.6 Å². The van der Waals surface area contributed by atoms with Gasteiger partial charge in [0.25, 0.3) is 0 Å². The zero-order chi connectivity index (χ0) is 22.7. The minimum atomic E-state index is -1.54. The fourth-order valence-corrected chi connectivity index (χ4v) is 4.80. The standard InChI is InChI=1S/C24H31FN2O5/c1-31-12-10-27-22(29)14-24(23(27)30,19-6-2-3-7-20(19)25)13-21(28)26(15-17-8-9-17)16-18-5-4-11-32-18/h2-3,6-7,17-18H,4-5,8-16H2,1H3/t18-,24-/m0/s1. The largest absolute Gasteiger partial charge is 0.383 e. The summed E-state index contributed by atoms with van der Waals surface area (Å²) in [4.78, 5) is 42.7. The van der Waals surface area contributed by atoms with Crippen molar-refractivity contribution >= 4 is 17.7 Å². The van der Waals surface area contributed by atoms with E-state index >= 15 is 0 Å². The molecule has 3 aliphatic rings. The van der Waals surface area contributed by atoms with Crippen molar-refractivity contribution in [1.29, 1.82) is 0 Å². The quantitative estimate of drug-likeness (QED) is 0.516. The molecule has 4 rings (SSSR count). The van der Waals surface area contributed by atoms with Crippen molar-refractivity contribution < 1.29 is 28.2 Å². The van der Waals surface area contributed by atoms with Crippen molar-refractivity contribution in [3.63, 3.8) is 0 Å². The second kappa shape index (κ2) is 9.67. The fraction of sp³-hybridized carbons (Fsp3) is 0.625. The van der Waals surface area contributed by atoms with Gasteiger partial charge in [-0.25, -0.2) is 4.39 Å². The lowest BCUT2D eigenvalue weighted by molar-refractivity contribution is -0.143. The molecule has 3 fully saturated rings. The number of imide groups is 1. The van der Waals surface area contributed by atoms with E-state index < -0.39 is 23.0 Å². The Morgan fingerprint density at radius 1 is 1.25 bits per heavy atom. The fourth-order valence-electron chi connectivity index (χ4n) is 4.80. The van der Waals surface area contributed by atoms with Gasteiger partial charge in [0.1, 0.15) is 5.82 Å². The third-order valence-corrected chi connectivity index (χ3v) is 6.75. The van der Waals surface area contributed by atoms with Gasteiger partial charge in [0.2, 0.25) is 17.7 Å². The van der Waals surface area contributed by atoms with Gasteiger partial charge in [-0.1, -0.05) is 18.2 Å². The Labute approximate surface area is 187 Å². The lowest BCUT2D eigenvalue weighted by Crippen LogP contribution is -2.46. The summed E-state index contributed by atoms with van der Waals surface area (Å²) in [7, 11) is 1.49. The van der Waals surface area contributed by atoms with Crippen LogP contribution in [-0.2, 0) is 29.3 Å². The molecule has 3 amide bonds. The van der Waals surface area contributed by atoms with E-state index in [0.29, 0.717) is 25.6 Å². The zero-order valence-corrected chi connectivity index (χ0v) is 18.6. The van der Waals surface area contributed by atoms with Crippen LogP contribution >= 0.6 is 0 Å². The van der Waals surface area contributed by atoms with Gasteiger partial charge in [0.15, 0.2) is 0 Å². The predicted octanol–water partition coefficient (Wildman–Crippen LogP) is 2.28. The lowest BCUT2D eigenvalue weighted by atomic mass is 9.75. The second-order valence-electron chi connectivity index (χ2n) is 9.14. The first-order valence-corrected chi connectivity index (χ1v) is 11.4. The van der Waals surface area contributed by atoms with E-state index in [2.05, 4.69) is 0 Å². The van der Waals surface area contributed by atoms with Crippen molar-refractivity contribution in [2.45, 2.75) is 50.0 Å². The number of carbonyl (C=O) groups excluding carboxylic acids is 3. The van der Waals surface area contributed by atoms with Crippen molar-refractivity contribution in [1.82, 2.24) is 9.80 Å². The summed E-state index contributed by atoms with van der Waals surface area (Å²) < 4.78 is 25.7. The van der Waals surface area contributed by atoms with E-state index in [9.17, 15) is 18.8 Å². The maximum atomic E-state index is 14.9. The van der Waals surface area contributed by atoms with Gasteiger partial charge in [0, 0.05) is 45.2 Å². The number of halogens is 1. The highest BCUT2D eigenvalue weighted by molar-refractivity contribution is 6.10. The van der Waals surface area contributed by atoms with E-state index in [1.807, 2.05) is 0 Å². The van der Waals surface area contributed by atoms with Gasteiger partial charge in [-0.3, -0.25) is 19.3 Å². The Morgan fingerprint density at radius 2 is 2.03 bits per heavy atom. The number of benzene rings is 1. The van der Waals surface area contributed by atoms with Crippen LogP contribution in [0.25, 0.3) is 0 Å². The molecule has 0 radical (unpaired) electrons. The van der Waals surface area contributed by atoms with Crippen molar-refractivity contribution in [3.05, 3.63) is 35.6 Å². The predicted molar refractivity (Wildman–Crippen MR) is 114 cm³/mol. The third kappa shape index (κ3) is 4.71. The molecule has 32 heavy (non-hydrogen) atoms. The molecule has 0 N–H and O–H groups in total. The van der Waals surface area contributed by atoms with Crippen LogP contribution in [0.5, 0.6) is 0 Å². The molecule has 2 aliphatic heterocycles. The van der Waals surface area contributed by atoms with Crippen LogP contribution in [-0.4, -0.2) is 73.6 Å². The Bertz CT molecular complexity index is 868. The number of rotatable bonds is 10. The number of methoxy groups -OCH3 is 1. The first-order valence-electron chi connectivity index (χ1n) is 11.4. The summed E-state index contributed by atoms with van der Waals surface area (Å²) in [5.74, 6) is -1.28. The Kier molecular flexibility index (Phi) is 6.90. The highest BCUT2D eigenvalue weighted by Crippen LogP contribution is 2.42. The Balaban J connectivity index is 1.62. The Hall–Kier alpha value is -2.32. The van der Waals surface area contributed by atoms with Crippen LogP contribution in [0.15, 0.2) is 24.3 Å². The molecule has 1 aliphatic carbocycles. The van der Waals surface area contributed by atoms with Gasteiger partial charge in [-0.05, 0) is 37.7 Å². The monoisotopic (exact) mass is 446 g/mol. The highest BCUT2D eigenvalue weighted by Gasteiger charge is 2.55. The van der Waals surface area contributed by atoms with Gasteiger partial charge < -0.3 is 14.4 Å². The van der Waals surface area contributed by atoms with Crippen LogP contribution in [0.1, 0.15) is 44.1 Å². The molecule has 2 atom stereocenters. The minimum Gasteiger partial charge on any atom is -0.383 e. The molecule has 1 saturated carbocycles. The molecule has 8 heteroatoms. The third-order valence-electron chi connectivity index (χ3n) is 6.75. The van der Waals surface area contributed by atoms with Gasteiger partial charge in [-0.15, -0.1) is 0 Å². The minimum absolute atomic E-state index is 0.0128. The number of hydrogen-bond acceptors (Lipinski definition) is 5. The van der Waals surface area contributed by atoms with Crippen LogP contribution in [0.2, 0.25) is 0 Å². The van der Waals surface area contributed by atoms with E-state index in [-0.39, 0.29) is 43.6 Å². The number of ether oxygens (including phenoxy) is 2. The average molecular weight is 447 g/mol. The van der Waals surface area contributed by atoms with Gasteiger partial charge in [-0.2, -0.15) is 0 Å². The highest BCUT2D eigenvalue weighted by atomic mass is 19.1. The molecular weight excluding hydrogens is 415 g/mol. The molecule has 0 aromatic heterocycles. The smallest absolute Gasteiger partial charge is 0.241 e. The first kappa shape index (κ1) is 22.9. The van der Waals surface area contributed by atoms with E-state index in [1.54, 1.807) is 11.0 Å². The molecule has 7 nitrogen and oxygen atoms in total. The summed E-state index contributed by atoms with van der Waals surface area (Å²) in [5.41, 5.74) is -1.43. The molecule has 2 saturated heterocycles. The molecule has 0 unspecified atom stereocenters. The molecule has 0 bridgehead atoms. The number of carbonyl (C=O) groups is 3. The van der Waals surface area contributed by atoms with Crippen molar-refractivity contribution in [2.24, 2.45) is 5.92 Å². The maximum absolute atomic E-state index is 14.9. The normalized spacial score (nSPS) is 25.6. The maximum Gasteiger partial charge on any atom is 0.241 e. The number of likely N-dealkylation sites (tertiary alicyclic amines) is 1. The summed E-state index contributed by atoms with van der Waals surface area (Å²) >= 11 is 0. The number of amides is 3. The molecule has 1 aromatic carbocycles. The first-order chi connectivity index (χ1) is 15.4. The van der Waals surface area contributed by atoms with E-state index in [4.69, 9.17) is 9.47 Å². The topological polar surface area (TPSA) is 76.2 Å². The SMILES string of the molecule is COCCN1C(=O)C[C@@](CC(=O)N(CC2CC2)C[C@@H]2CCCO2)(c2ccccc2F)C1=O. The molecular formula is C24H31FN2O5. The van der Waals surface area contributed by atoms with Crippen LogP contribution in [0.3, 0.4) is 0 Å². The van der Waals surface area contributed by atoms with Crippen molar-refractivity contribution in [3.8, 4) is 0 Å². The molecule has 1 aromatic rings. The summed E-state index contributed by atoms with van der Waals surface area (Å²) in [5, 5.41) is 0. The summed E-state index contributed by atoms with van der Waals surface area (Å²) in [6, 6.07) is 5.95. The Morgan fingerprint density at radius 3 is 2.69 bits per heavy atom. The van der Waals surface area contributed by atoms with Crippen LogP contribution in [0, 0.1) is 11.7 Å². The molecule has 2 heterocycles. The lowest BCUT2D eigenvalue weighted by Gasteiger charge is -2.32. The number of nitrogens with zero attached hydrogens (tertiary/aromatic N) is 2. The second-order valence-corrected chi connectivity index (χ2v) is 9.14. The summed E-state index contributed by atoms with van der Waals surface area (Å²) in [6.07, 6.45) is 3.56. The molecule has 0 spiro atoms. The van der Waals surface area contributed by atoms with Crippen LogP contribution < -0.4 is 0 Å². The average Bonchev–Trinajstić information content (AvgIpc) is 3.37. The summed E-state index contributed by atoms with van der Waals surface area (Å²) in [6.45, 7) is 2.04.